The number of carbonyl (C=O) groups excluding carboxylic acids is 2. The molecule has 1 saturated heterocycles. The first-order valence-corrected chi connectivity index (χ1v) is 10.0. The highest BCUT2D eigenvalue weighted by atomic mass is 35.5. The van der Waals surface area contributed by atoms with Crippen molar-refractivity contribution in [3.8, 4) is 0 Å². The lowest BCUT2D eigenvalue weighted by molar-refractivity contribution is -0.596. The van der Waals surface area contributed by atoms with E-state index in [1.165, 1.54) is 0 Å². The average molecular weight is 419 g/mol. The number of rotatable bonds is 4. The summed E-state index contributed by atoms with van der Waals surface area (Å²) in [5.41, 5.74) is 6.25. The van der Waals surface area contributed by atoms with Crippen molar-refractivity contribution in [1.29, 1.82) is 0 Å². The molecule has 4 rings (SSSR count). The third kappa shape index (κ3) is 4.26. The van der Waals surface area contributed by atoms with Crippen LogP contribution in [0, 0.1) is 6.92 Å². The van der Waals surface area contributed by atoms with Gasteiger partial charge in [-0.15, -0.1) is 10.1 Å². The molecule has 5 nitrogen and oxygen atoms in total. The first-order chi connectivity index (χ1) is 14.5. The number of hydrogen-bond donors (Lipinski definition) is 2. The summed E-state index contributed by atoms with van der Waals surface area (Å²) in [5.74, 6) is -0.557. The second kappa shape index (κ2) is 8.51. The molecule has 0 saturated carbocycles. The van der Waals surface area contributed by atoms with Gasteiger partial charge in [-0.05, 0) is 43.3 Å². The van der Waals surface area contributed by atoms with Gasteiger partial charge in [0, 0.05) is 21.7 Å². The van der Waals surface area contributed by atoms with Gasteiger partial charge in [-0.25, -0.2) is 0 Å². The van der Waals surface area contributed by atoms with E-state index in [2.05, 4.69) is 10.7 Å². The summed E-state index contributed by atoms with van der Waals surface area (Å²) in [6, 6.07) is 23.1. The zero-order valence-corrected chi connectivity index (χ0v) is 17.1. The number of benzene rings is 3. The number of halogens is 1. The Balaban J connectivity index is 1.68. The van der Waals surface area contributed by atoms with Crippen molar-refractivity contribution in [1.82, 2.24) is 10.7 Å². The highest BCUT2D eigenvalue weighted by molar-refractivity contribution is 6.30. The number of amides is 2. The molecule has 3 aromatic carbocycles. The summed E-state index contributed by atoms with van der Waals surface area (Å²) in [7, 11) is 0. The summed E-state index contributed by atoms with van der Waals surface area (Å²) in [6.45, 7) is 1.96. The fraction of sp³-hybridized carbons (Fsp3) is 0.125. The lowest BCUT2D eigenvalue weighted by Gasteiger charge is -2.14. The third-order valence-electron chi connectivity index (χ3n) is 5.04. The van der Waals surface area contributed by atoms with E-state index in [1.54, 1.807) is 28.9 Å². The number of hydrazine groups is 1. The van der Waals surface area contributed by atoms with Gasteiger partial charge in [0.1, 0.15) is 0 Å². The molecule has 6 heteroatoms. The van der Waals surface area contributed by atoms with Crippen LogP contribution in [-0.2, 0) is 4.79 Å². The maximum Gasteiger partial charge on any atom is 0.304 e. The summed E-state index contributed by atoms with van der Waals surface area (Å²) in [5, 5.41) is 3.54. The fourth-order valence-corrected chi connectivity index (χ4v) is 3.60. The molecule has 0 radical (unpaired) electrons. The first kappa shape index (κ1) is 19.9. The standard InChI is InChI=1S/C24H20ClN3O2/c1-16-7-11-19(12-8-16)23(29)26-21-22(18-5-3-2-4-6-18)28(27-24(21)30)15-17-9-13-20(25)14-10-17/h2-15,21-22H,1H3,(H-,26,27,29,30)/p+1/b28-15-/t21-,22-/m0/s1. The van der Waals surface area contributed by atoms with Gasteiger partial charge in [0.25, 0.3) is 5.91 Å². The molecule has 2 amide bonds. The number of nitrogens with zero attached hydrogens (tertiary/aromatic N) is 1. The Bertz CT molecular complexity index is 1090. The monoisotopic (exact) mass is 418 g/mol. The van der Waals surface area contributed by atoms with Crippen LogP contribution >= 0.6 is 11.6 Å². The summed E-state index contributed by atoms with van der Waals surface area (Å²) in [6.07, 6.45) is 1.84. The number of carbonyl (C=O) groups is 2. The van der Waals surface area contributed by atoms with Gasteiger partial charge in [-0.1, -0.05) is 59.6 Å². The predicted octanol–water partition coefficient (Wildman–Crippen LogP) is 3.66. The van der Waals surface area contributed by atoms with E-state index in [1.807, 2.05) is 67.7 Å². The van der Waals surface area contributed by atoms with Crippen LogP contribution in [0.15, 0.2) is 78.9 Å². The number of hydrogen-bond acceptors (Lipinski definition) is 2. The highest BCUT2D eigenvalue weighted by Gasteiger charge is 2.47. The average Bonchev–Trinajstić information content (AvgIpc) is 3.05. The molecular weight excluding hydrogens is 398 g/mol. The number of hydrazone groups is 1. The van der Waals surface area contributed by atoms with E-state index in [-0.39, 0.29) is 11.8 Å². The van der Waals surface area contributed by atoms with Crippen molar-refractivity contribution in [2.45, 2.75) is 19.0 Å². The number of nitrogens with one attached hydrogen (secondary N) is 2. The molecule has 1 aliphatic heterocycles. The van der Waals surface area contributed by atoms with Gasteiger partial charge in [0.15, 0.2) is 6.04 Å². The van der Waals surface area contributed by atoms with Gasteiger partial charge in [0.05, 0.1) is 0 Å². The molecule has 30 heavy (non-hydrogen) atoms. The summed E-state index contributed by atoms with van der Waals surface area (Å²) in [4.78, 5) is 25.6. The second-order valence-electron chi connectivity index (χ2n) is 7.24. The van der Waals surface area contributed by atoms with Gasteiger partial charge < -0.3 is 5.32 Å². The van der Waals surface area contributed by atoms with Crippen LogP contribution in [0.4, 0.5) is 0 Å². The minimum Gasteiger partial charge on any atom is -0.334 e. The van der Waals surface area contributed by atoms with E-state index >= 15 is 0 Å². The Morgan fingerprint density at radius 1 is 1.00 bits per heavy atom. The molecule has 0 aromatic heterocycles. The van der Waals surface area contributed by atoms with Gasteiger partial charge in [-0.3, -0.25) is 9.59 Å². The van der Waals surface area contributed by atoms with Gasteiger partial charge >= 0.3 is 5.91 Å². The zero-order chi connectivity index (χ0) is 21.1. The zero-order valence-electron chi connectivity index (χ0n) is 16.4. The van der Waals surface area contributed by atoms with Gasteiger partial charge in [-0.2, -0.15) is 0 Å². The lowest BCUT2D eigenvalue weighted by Crippen LogP contribution is -2.42. The van der Waals surface area contributed by atoms with Crippen LogP contribution in [0.25, 0.3) is 0 Å². The Morgan fingerprint density at radius 2 is 1.67 bits per heavy atom. The van der Waals surface area contributed by atoms with Crippen LogP contribution in [0.3, 0.4) is 0 Å². The van der Waals surface area contributed by atoms with Crippen LogP contribution in [-0.4, -0.2) is 28.8 Å². The molecule has 0 bridgehead atoms. The fourth-order valence-electron chi connectivity index (χ4n) is 3.47. The molecule has 3 aromatic rings. The minimum atomic E-state index is -0.746. The van der Waals surface area contributed by atoms with Crippen molar-refractivity contribution in [2.24, 2.45) is 0 Å². The van der Waals surface area contributed by atoms with Crippen molar-refractivity contribution in [3.63, 3.8) is 0 Å². The molecule has 1 fully saturated rings. The molecule has 0 aliphatic carbocycles. The number of aryl methyl sites for hydroxylation is 1. The molecular formula is C24H21ClN3O2+. The van der Waals surface area contributed by atoms with Crippen molar-refractivity contribution >= 4 is 29.6 Å². The SMILES string of the molecule is Cc1ccc(C(=O)N[C@@H]2C(=O)N/[N+](=C\c3ccc(Cl)cc3)[C@H]2c2ccccc2)cc1. The lowest BCUT2D eigenvalue weighted by atomic mass is 9.99. The first-order valence-electron chi connectivity index (χ1n) is 9.63. The molecule has 0 spiro atoms. The van der Waals surface area contributed by atoms with Crippen LogP contribution in [0.5, 0.6) is 0 Å². The molecule has 2 atom stereocenters. The topological polar surface area (TPSA) is 61.2 Å². The maximum absolute atomic E-state index is 12.8. The van der Waals surface area contributed by atoms with E-state index in [0.29, 0.717) is 10.6 Å². The smallest absolute Gasteiger partial charge is 0.304 e. The van der Waals surface area contributed by atoms with Crippen LogP contribution in [0.2, 0.25) is 5.02 Å². The van der Waals surface area contributed by atoms with Crippen molar-refractivity contribution in [2.75, 3.05) is 0 Å². The summed E-state index contributed by atoms with van der Waals surface area (Å²) >= 11 is 5.98. The molecule has 2 N–H and O–H groups in total. The largest absolute Gasteiger partial charge is 0.334 e. The Morgan fingerprint density at radius 3 is 2.33 bits per heavy atom. The molecule has 0 unspecified atom stereocenters. The second-order valence-corrected chi connectivity index (χ2v) is 7.67. The third-order valence-corrected chi connectivity index (χ3v) is 5.29. The van der Waals surface area contributed by atoms with Crippen molar-refractivity contribution < 1.29 is 14.3 Å². The molecule has 1 aliphatic rings. The van der Waals surface area contributed by atoms with Crippen molar-refractivity contribution in [3.05, 3.63) is 106 Å². The van der Waals surface area contributed by atoms with E-state index < -0.39 is 12.1 Å². The maximum atomic E-state index is 12.8. The Kier molecular flexibility index (Phi) is 5.63. The predicted molar refractivity (Wildman–Crippen MR) is 117 cm³/mol. The Labute approximate surface area is 180 Å². The van der Waals surface area contributed by atoms with Crippen LogP contribution < -0.4 is 10.7 Å². The molecule has 150 valence electrons. The molecule has 1 heterocycles. The quantitative estimate of drug-likeness (QED) is 0.635. The Hall–Kier alpha value is -3.44. The highest BCUT2D eigenvalue weighted by Crippen LogP contribution is 2.25. The normalized spacial score (nSPS) is 19.5. The van der Waals surface area contributed by atoms with E-state index in [9.17, 15) is 9.59 Å². The van der Waals surface area contributed by atoms with Gasteiger partial charge in [0.2, 0.25) is 12.3 Å². The van der Waals surface area contributed by atoms with E-state index in [0.717, 1.165) is 16.7 Å². The van der Waals surface area contributed by atoms with Crippen LogP contribution in [0.1, 0.15) is 33.1 Å². The van der Waals surface area contributed by atoms with E-state index in [4.69, 9.17) is 11.6 Å². The summed E-state index contributed by atoms with van der Waals surface area (Å²) < 4.78 is 1.74. The minimum absolute atomic E-state index is 0.269.